The van der Waals surface area contributed by atoms with Crippen molar-refractivity contribution >= 4 is 29.0 Å². The molecule has 2 fully saturated rings. The van der Waals surface area contributed by atoms with Crippen molar-refractivity contribution in [3.05, 3.63) is 33.8 Å². The number of nitrogens with zero attached hydrogens (tertiary/aromatic N) is 1. The fourth-order valence-corrected chi connectivity index (χ4v) is 4.70. The number of halogens is 2. The third-order valence-corrected chi connectivity index (χ3v) is 5.75. The Bertz CT molecular complexity index is 587. The number of fused-ring (bicyclic) bond motifs is 2. The second-order valence-corrected chi connectivity index (χ2v) is 7.12. The molecule has 21 heavy (non-hydrogen) atoms. The Morgan fingerprint density at radius 3 is 2.52 bits per heavy atom. The van der Waals surface area contributed by atoms with Crippen molar-refractivity contribution in [3.63, 3.8) is 0 Å². The highest BCUT2D eigenvalue weighted by Crippen LogP contribution is 2.50. The molecule has 1 aromatic carbocycles. The number of rotatable bonds is 4. The molecule has 110 valence electrons. The largest absolute Gasteiger partial charge is 0.298 e. The maximum absolute atomic E-state index is 12.6. The first kappa shape index (κ1) is 14.9. The molecule has 4 heteroatoms. The topological polar surface area (TPSA) is 40.9 Å². The third-order valence-electron chi connectivity index (χ3n) is 5.09. The van der Waals surface area contributed by atoms with Crippen molar-refractivity contribution < 1.29 is 4.79 Å². The molecule has 2 saturated carbocycles. The highest BCUT2D eigenvalue weighted by atomic mass is 35.5. The lowest BCUT2D eigenvalue weighted by molar-refractivity contribution is -0.120. The van der Waals surface area contributed by atoms with Crippen molar-refractivity contribution in [2.75, 3.05) is 0 Å². The fourth-order valence-electron chi connectivity index (χ4n) is 4.09. The third kappa shape index (κ3) is 2.82. The second-order valence-electron chi connectivity index (χ2n) is 6.30. The van der Waals surface area contributed by atoms with Crippen LogP contribution in [0, 0.1) is 29.1 Å². The van der Waals surface area contributed by atoms with E-state index in [1.54, 1.807) is 18.2 Å². The summed E-state index contributed by atoms with van der Waals surface area (Å²) >= 11 is 12.3. The van der Waals surface area contributed by atoms with Crippen LogP contribution in [0.5, 0.6) is 0 Å². The van der Waals surface area contributed by atoms with Gasteiger partial charge in [-0.2, -0.15) is 5.26 Å². The number of benzene rings is 1. The zero-order valence-electron chi connectivity index (χ0n) is 11.7. The predicted molar refractivity (Wildman–Crippen MR) is 83.4 cm³/mol. The summed E-state index contributed by atoms with van der Waals surface area (Å²) in [5.74, 6) is 1.06. The molecule has 0 amide bonds. The normalized spacial score (nSPS) is 28.3. The molecular weight excluding hydrogens is 305 g/mol. The fraction of sp³-hybridized carbons (Fsp3) is 0.529. The summed E-state index contributed by atoms with van der Waals surface area (Å²) in [7, 11) is 0. The summed E-state index contributed by atoms with van der Waals surface area (Å²) in [5, 5.41) is 10.2. The highest BCUT2D eigenvalue weighted by Gasteiger charge is 2.41. The SMILES string of the molecule is N#CC(C(=O)CC1CC2CCC1C2)c1c(Cl)cccc1Cl. The van der Waals surface area contributed by atoms with Crippen LogP contribution in [0.2, 0.25) is 10.0 Å². The van der Waals surface area contributed by atoms with E-state index < -0.39 is 5.92 Å². The first-order valence-corrected chi connectivity index (χ1v) is 8.22. The lowest BCUT2D eigenvalue weighted by Gasteiger charge is -2.22. The van der Waals surface area contributed by atoms with E-state index in [0.29, 0.717) is 33.9 Å². The zero-order valence-corrected chi connectivity index (χ0v) is 13.2. The lowest BCUT2D eigenvalue weighted by Crippen LogP contribution is -2.20. The maximum Gasteiger partial charge on any atom is 0.154 e. The molecule has 4 unspecified atom stereocenters. The van der Waals surface area contributed by atoms with E-state index in [2.05, 4.69) is 6.07 Å². The van der Waals surface area contributed by atoms with Crippen LogP contribution in [0.15, 0.2) is 18.2 Å². The molecule has 2 nitrogen and oxygen atoms in total. The molecule has 3 rings (SSSR count). The van der Waals surface area contributed by atoms with E-state index in [0.717, 1.165) is 12.3 Å². The van der Waals surface area contributed by atoms with Crippen LogP contribution in [0.25, 0.3) is 0 Å². The number of nitriles is 1. The van der Waals surface area contributed by atoms with Crippen molar-refractivity contribution in [2.24, 2.45) is 17.8 Å². The van der Waals surface area contributed by atoms with Gasteiger partial charge < -0.3 is 0 Å². The molecule has 0 saturated heterocycles. The van der Waals surface area contributed by atoms with Crippen LogP contribution in [0.3, 0.4) is 0 Å². The van der Waals surface area contributed by atoms with E-state index in [9.17, 15) is 10.1 Å². The van der Waals surface area contributed by atoms with Gasteiger partial charge in [0.2, 0.25) is 0 Å². The smallest absolute Gasteiger partial charge is 0.154 e. The first-order valence-electron chi connectivity index (χ1n) is 7.46. The van der Waals surface area contributed by atoms with E-state index in [-0.39, 0.29) is 5.78 Å². The van der Waals surface area contributed by atoms with Gasteiger partial charge in [-0.05, 0) is 49.1 Å². The van der Waals surface area contributed by atoms with Crippen LogP contribution in [0.1, 0.15) is 43.6 Å². The summed E-state index contributed by atoms with van der Waals surface area (Å²) in [6, 6.07) is 7.18. The average Bonchev–Trinajstić information content (AvgIpc) is 3.05. The van der Waals surface area contributed by atoms with Crippen molar-refractivity contribution in [2.45, 2.75) is 38.0 Å². The summed E-state index contributed by atoms with van der Waals surface area (Å²) in [5.41, 5.74) is 0.469. The molecule has 0 aliphatic heterocycles. The zero-order chi connectivity index (χ0) is 15.0. The van der Waals surface area contributed by atoms with E-state index >= 15 is 0 Å². The molecule has 1 aromatic rings. The molecule has 0 spiro atoms. The summed E-state index contributed by atoms with van der Waals surface area (Å²) < 4.78 is 0. The Kier molecular flexibility index (Phi) is 4.24. The monoisotopic (exact) mass is 321 g/mol. The molecule has 0 radical (unpaired) electrons. The molecular formula is C17H17Cl2NO. The Morgan fingerprint density at radius 2 is 2.00 bits per heavy atom. The van der Waals surface area contributed by atoms with Crippen molar-refractivity contribution in [1.29, 1.82) is 5.26 Å². The number of Topliss-reactive ketones (excluding diaryl/α,β-unsaturated/α-hetero) is 1. The summed E-state index contributed by atoms with van der Waals surface area (Å²) in [4.78, 5) is 12.6. The maximum atomic E-state index is 12.6. The Hall–Kier alpha value is -1.04. The lowest BCUT2D eigenvalue weighted by atomic mass is 9.82. The van der Waals surface area contributed by atoms with Gasteiger partial charge in [0, 0.05) is 22.0 Å². The molecule has 0 heterocycles. The molecule has 4 atom stereocenters. The van der Waals surface area contributed by atoms with Crippen molar-refractivity contribution in [1.82, 2.24) is 0 Å². The quantitative estimate of drug-likeness (QED) is 0.783. The summed E-state index contributed by atoms with van der Waals surface area (Å²) in [6.45, 7) is 0. The van der Waals surface area contributed by atoms with E-state index in [1.807, 2.05) is 0 Å². The number of ketones is 1. The summed E-state index contributed by atoms with van der Waals surface area (Å²) in [6.07, 6.45) is 5.45. The second kappa shape index (κ2) is 5.99. The minimum absolute atomic E-state index is 0.0370. The molecule has 0 N–H and O–H groups in total. The minimum atomic E-state index is -0.842. The Morgan fingerprint density at radius 1 is 1.29 bits per heavy atom. The molecule has 2 bridgehead atoms. The molecule has 2 aliphatic carbocycles. The predicted octanol–water partition coefficient (Wildman–Crippen LogP) is 5.00. The van der Waals surface area contributed by atoms with E-state index in [4.69, 9.17) is 23.2 Å². The van der Waals surface area contributed by atoms with Crippen LogP contribution >= 0.6 is 23.2 Å². The van der Waals surface area contributed by atoms with Gasteiger partial charge >= 0.3 is 0 Å². The van der Waals surface area contributed by atoms with Gasteiger partial charge in [0.25, 0.3) is 0 Å². The van der Waals surface area contributed by atoms with Gasteiger partial charge in [-0.3, -0.25) is 4.79 Å². The van der Waals surface area contributed by atoms with Crippen LogP contribution in [-0.2, 0) is 4.79 Å². The number of hydrogen-bond acceptors (Lipinski definition) is 2. The Labute approximate surface area is 135 Å². The number of hydrogen-bond donors (Lipinski definition) is 0. The number of carbonyl (C=O) groups is 1. The van der Waals surface area contributed by atoms with Crippen LogP contribution in [0.4, 0.5) is 0 Å². The van der Waals surface area contributed by atoms with Crippen LogP contribution in [-0.4, -0.2) is 5.78 Å². The molecule has 2 aliphatic rings. The van der Waals surface area contributed by atoms with Gasteiger partial charge in [-0.25, -0.2) is 0 Å². The Balaban J connectivity index is 1.77. The standard InChI is InChI=1S/C17H17Cl2NO/c18-14-2-1-3-15(19)17(14)13(9-20)16(21)8-12-7-10-4-5-11(12)6-10/h1-3,10-13H,4-8H2. The van der Waals surface area contributed by atoms with Gasteiger partial charge in [0.15, 0.2) is 5.78 Å². The van der Waals surface area contributed by atoms with Crippen molar-refractivity contribution in [3.8, 4) is 6.07 Å². The minimum Gasteiger partial charge on any atom is -0.298 e. The highest BCUT2D eigenvalue weighted by molar-refractivity contribution is 6.36. The van der Waals surface area contributed by atoms with Gasteiger partial charge in [-0.1, -0.05) is 35.7 Å². The van der Waals surface area contributed by atoms with Gasteiger partial charge in [0.05, 0.1) is 6.07 Å². The van der Waals surface area contributed by atoms with Gasteiger partial charge in [-0.15, -0.1) is 0 Å². The average molecular weight is 322 g/mol. The van der Waals surface area contributed by atoms with Gasteiger partial charge in [0.1, 0.15) is 5.92 Å². The molecule has 0 aromatic heterocycles. The number of carbonyl (C=O) groups excluding carboxylic acids is 1. The first-order chi connectivity index (χ1) is 10.1. The van der Waals surface area contributed by atoms with Crippen LogP contribution < -0.4 is 0 Å². The van der Waals surface area contributed by atoms with E-state index in [1.165, 1.54) is 19.3 Å².